The van der Waals surface area contributed by atoms with Gasteiger partial charge in [0.05, 0.1) is 5.69 Å². The summed E-state index contributed by atoms with van der Waals surface area (Å²) in [7, 11) is 0. The Morgan fingerprint density at radius 3 is 2.10 bits per heavy atom. The van der Waals surface area contributed by atoms with Crippen molar-refractivity contribution in [2.45, 2.75) is 25.0 Å². The number of halogens is 5. The van der Waals surface area contributed by atoms with Gasteiger partial charge in [-0.1, -0.05) is 24.3 Å². The quantitative estimate of drug-likeness (QED) is 0.477. The Morgan fingerprint density at radius 1 is 0.931 bits per heavy atom. The average molecular weight is 415 g/mol. The fourth-order valence-electron chi connectivity index (χ4n) is 2.39. The zero-order chi connectivity index (χ0) is 21.2. The first kappa shape index (κ1) is 20.7. The van der Waals surface area contributed by atoms with Crippen LogP contribution < -0.4 is 4.74 Å². The topological polar surface area (TPSA) is 80.4 Å². The lowest BCUT2D eigenvalue weighted by Crippen LogP contribution is -2.41. The van der Waals surface area contributed by atoms with Gasteiger partial charge < -0.3 is 14.9 Å². The first-order valence-corrected chi connectivity index (χ1v) is 8.16. The molecule has 0 aliphatic rings. The molecule has 0 atom stereocenters. The first-order chi connectivity index (χ1) is 13.5. The molecule has 2 aromatic carbocycles. The minimum Gasteiger partial charge on any atom is -0.426 e. The number of aliphatic hydroxyl groups is 2. The van der Waals surface area contributed by atoms with Crippen molar-refractivity contribution in [1.29, 1.82) is 0 Å². The van der Waals surface area contributed by atoms with Gasteiger partial charge in [0.1, 0.15) is 12.1 Å². The Bertz CT molecular complexity index is 954. The molecule has 154 valence electrons. The van der Waals surface area contributed by atoms with E-state index in [2.05, 4.69) is 14.8 Å². The standard InChI is InChI=1S/C18H14F5N3O3/c19-17(20,21)18(22,23)29-14-7-5-13(6-8-14)26-10-24-16(25-26)12-3-1-11(2-4-12)9-15(27)28/h1-8,10,15,27-28H,9H2. The third-order valence-corrected chi connectivity index (χ3v) is 3.80. The van der Waals surface area contributed by atoms with Crippen LogP contribution in [-0.2, 0) is 6.42 Å². The van der Waals surface area contributed by atoms with Gasteiger partial charge >= 0.3 is 12.3 Å². The molecule has 29 heavy (non-hydrogen) atoms. The van der Waals surface area contributed by atoms with E-state index in [-0.39, 0.29) is 6.42 Å². The molecule has 0 amide bonds. The van der Waals surface area contributed by atoms with E-state index in [4.69, 9.17) is 10.2 Å². The van der Waals surface area contributed by atoms with Crippen LogP contribution in [0.5, 0.6) is 5.75 Å². The molecule has 0 unspecified atom stereocenters. The van der Waals surface area contributed by atoms with Crippen molar-refractivity contribution in [3.05, 3.63) is 60.4 Å². The van der Waals surface area contributed by atoms with Crippen LogP contribution in [0.15, 0.2) is 54.9 Å². The Labute approximate surface area is 160 Å². The summed E-state index contributed by atoms with van der Waals surface area (Å²) in [5.74, 6) is -0.317. The smallest absolute Gasteiger partial charge is 0.426 e. The lowest BCUT2D eigenvalue weighted by atomic mass is 10.1. The predicted octanol–water partition coefficient (Wildman–Crippen LogP) is 3.32. The van der Waals surface area contributed by atoms with E-state index in [0.717, 1.165) is 12.1 Å². The van der Waals surface area contributed by atoms with Gasteiger partial charge in [-0.15, -0.1) is 5.10 Å². The highest BCUT2D eigenvalue weighted by Gasteiger charge is 2.61. The highest BCUT2D eigenvalue weighted by atomic mass is 19.4. The number of nitrogens with zero attached hydrogens (tertiary/aromatic N) is 3. The van der Waals surface area contributed by atoms with E-state index < -0.39 is 24.3 Å². The number of benzene rings is 2. The van der Waals surface area contributed by atoms with Crippen molar-refractivity contribution >= 4 is 0 Å². The van der Waals surface area contributed by atoms with Crippen molar-refractivity contribution in [3.63, 3.8) is 0 Å². The molecule has 11 heteroatoms. The van der Waals surface area contributed by atoms with E-state index in [9.17, 15) is 22.0 Å². The highest BCUT2D eigenvalue weighted by Crippen LogP contribution is 2.37. The normalized spacial score (nSPS) is 12.4. The summed E-state index contributed by atoms with van der Waals surface area (Å²) in [6.07, 6.45) is -11.2. The second kappa shape index (κ2) is 7.76. The van der Waals surface area contributed by atoms with Crippen molar-refractivity contribution < 1.29 is 36.9 Å². The van der Waals surface area contributed by atoms with Crippen LogP contribution in [0.25, 0.3) is 17.1 Å². The molecule has 0 aliphatic carbocycles. The Morgan fingerprint density at radius 2 is 1.55 bits per heavy atom. The Hall–Kier alpha value is -3.05. The molecule has 6 nitrogen and oxygen atoms in total. The molecule has 0 bridgehead atoms. The van der Waals surface area contributed by atoms with Gasteiger partial charge in [-0.25, -0.2) is 9.67 Å². The van der Waals surface area contributed by atoms with Crippen molar-refractivity contribution in [2.24, 2.45) is 0 Å². The van der Waals surface area contributed by atoms with Crippen LogP contribution in [0.1, 0.15) is 5.56 Å². The number of alkyl halides is 5. The molecule has 3 rings (SSSR count). The number of rotatable bonds is 6. The van der Waals surface area contributed by atoms with Crippen LogP contribution in [0.2, 0.25) is 0 Å². The molecule has 0 saturated carbocycles. The average Bonchev–Trinajstić information content (AvgIpc) is 3.11. The number of aliphatic hydroxyl groups excluding tert-OH is 1. The van der Waals surface area contributed by atoms with Crippen molar-refractivity contribution in [3.8, 4) is 22.8 Å². The summed E-state index contributed by atoms with van der Waals surface area (Å²) in [5, 5.41) is 22.2. The fraction of sp³-hybridized carbons (Fsp3) is 0.222. The van der Waals surface area contributed by atoms with E-state index in [0.29, 0.717) is 22.6 Å². The molecule has 2 N–H and O–H groups in total. The first-order valence-electron chi connectivity index (χ1n) is 8.16. The minimum atomic E-state index is -5.82. The van der Waals surface area contributed by atoms with E-state index in [1.54, 1.807) is 24.3 Å². The Balaban J connectivity index is 1.73. The van der Waals surface area contributed by atoms with Crippen LogP contribution in [0.3, 0.4) is 0 Å². The molecule has 1 heterocycles. The summed E-state index contributed by atoms with van der Waals surface area (Å²) in [6, 6.07) is 11.2. The summed E-state index contributed by atoms with van der Waals surface area (Å²) in [4.78, 5) is 4.12. The Kier molecular flexibility index (Phi) is 5.53. The van der Waals surface area contributed by atoms with Crippen LogP contribution in [0, 0.1) is 0 Å². The van der Waals surface area contributed by atoms with Crippen LogP contribution in [0.4, 0.5) is 22.0 Å². The van der Waals surface area contributed by atoms with Crippen molar-refractivity contribution in [2.75, 3.05) is 0 Å². The molecular formula is C18H14F5N3O3. The van der Waals surface area contributed by atoms with Gasteiger partial charge in [0.25, 0.3) is 0 Å². The van der Waals surface area contributed by atoms with E-state index in [1.165, 1.54) is 23.1 Å². The van der Waals surface area contributed by atoms with Crippen LogP contribution >= 0.6 is 0 Å². The summed E-state index contributed by atoms with van der Waals surface area (Å²) < 4.78 is 67.5. The lowest BCUT2D eigenvalue weighted by Gasteiger charge is -2.20. The summed E-state index contributed by atoms with van der Waals surface area (Å²) in [5.41, 5.74) is 1.71. The van der Waals surface area contributed by atoms with Gasteiger partial charge in [-0.3, -0.25) is 0 Å². The molecule has 0 spiro atoms. The maximum Gasteiger partial charge on any atom is 0.499 e. The van der Waals surface area contributed by atoms with Crippen molar-refractivity contribution in [1.82, 2.24) is 14.8 Å². The number of aromatic nitrogens is 3. The molecule has 0 aliphatic heterocycles. The molecule has 0 radical (unpaired) electrons. The zero-order valence-corrected chi connectivity index (χ0v) is 14.5. The molecule has 1 aromatic heterocycles. The SMILES string of the molecule is OC(O)Cc1ccc(-c2ncn(-c3ccc(OC(F)(F)C(F)(F)F)cc3)n2)cc1. The molecular weight excluding hydrogens is 401 g/mol. The van der Waals surface area contributed by atoms with Gasteiger partial charge in [-0.2, -0.15) is 22.0 Å². The number of hydrogen-bond donors (Lipinski definition) is 2. The molecule has 0 saturated heterocycles. The maximum atomic E-state index is 12.9. The van der Waals surface area contributed by atoms with Gasteiger partial charge in [0.15, 0.2) is 12.1 Å². The molecule has 0 fully saturated rings. The zero-order valence-electron chi connectivity index (χ0n) is 14.5. The predicted molar refractivity (Wildman–Crippen MR) is 90.4 cm³/mol. The number of hydrogen-bond acceptors (Lipinski definition) is 5. The number of ether oxygens (including phenoxy) is 1. The third kappa shape index (κ3) is 4.87. The summed E-state index contributed by atoms with van der Waals surface area (Å²) in [6.45, 7) is 0. The highest BCUT2D eigenvalue weighted by molar-refractivity contribution is 5.55. The monoisotopic (exact) mass is 415 g/mol. The molecule has 3 aromatic rings. The van der Waals surface area contributed by atoms with E-state index in [1.807, 2.05) is 0 Å². The van der Waals surface area contributed by atoms with Crippen LogP contribution in [-0.4, -0.2) is 43.6 Å². The lowest BCUT2D eigenvalue weighted by molar-refractivity contribution is -0.360. The minimum absolute atomic E-state index is 0.0734. The second-order valence-electron chi connectivity index (χ2n) is 6.00. The van der Waals surface area contributed by atoms with Gasteiger partial charge in [0, 0.05) is 12.0 Å². The van der Waals surface area contributed by atoms with E-state index >= 15 is 0 Å². The largest absolute Gasteiger partial charge is 0.499 e. The third-order valence-electron chi connectivity index (χ3n) is 3.80. The summed E-state index contributed by atoms with van der Waals surface area (Å²) >= 11 is 0. The van der Waals surface area contributed by atoms with Gasteiger partial charge in [0.2, 0.25) is 0 Å². The fourth-order valence-corrected chi connectivity index (χ4v) is 2.39. The second-order valence-corrected chi connectivity index (χ2v) is 6.00. The maximum absolute atomic E-state index is 12.9. The van der Waals surface area contributed by atoms with Gasteiger partial charge in [-0.05, 0) is 29.8 Å².